The number of rotatable bonds is 6. The maximum Gasteiger partial charge on any atom is 0.137 e. The lowest BCUT2D eigenvalue weighted by Crippen LogP contribution is -2.25. The summed E-state index contributed by atoms with van der Waals surface area (Å²) in [7, 11) is 1.90. The molecule has 1 N–H and O–H groups in total. The molecular weight excluding hydrogens is 321 g/mol. The Bertz CT molecular complexity index is 568. The van der Waals surface area contributed by atoms with Crippen molar-refractivity contribution >= 4 is 15.9 Å². The Labute approximate surface area is 127 Å². The lowest BCUT2D eigenvalue weighted by Gasteiger charge is -2.17. The van der Waals surface area contributed by atoms with Crippen LogP contribution in [0.15, 0.2) is 34.9 Å². The van der Waals surface area contributed by atoms with Gasteiger partial charge in [-0.1, -0.05) is 19.1 Å². The summed E-state index contributed by atoms with van der Waals surface area (Å²) in [5.74, 6) is -0.224. The molecule has 0 radical (unpaired) electrons. The lowest BCUT2D eigenvalue weighted by molar-refractivity contribution is 0.508. The predicted molar refractivity (Wildman–Crippen MR) is 82.0 cm³/mol. The first-order chi connectivity index (χ1) is 9.61. The zero-order chi connectivity index (χ0) is 14.5. The molecule has 0 amide bonds. The van der Waals surface area contributed by atoms with Crippen LogP contribution in [0.3, 0.4) is 0 Å². The minimum atomic E-state index is -0.224. The first-order valence-electron chi connectivity index (χ1n) is 6.77. The van der Waals surface area contributed by atoms with Gasteiger partial charge in [0.05, 0.1) is 16.2 Å². The molecule has 0 aliphatic rings. The molecule has 5 heteroatoms. The van der Waals surface area contributed by atoms with Crippen molar-refractivity contribution in [2.75, 3.05) is 6.54 Å². The van der Waals surface area contributed by atoms with Gasteiger partial charge in [0.25, 0.3) is 0 Å². The molecule has 1 atom stereocenters. The van der Waals surface area contributed by atoms with Gasteiger partial charge in [-0.15, -0.1) is 0 Å². The Morgan fingerprint density at radius 3 is 2.85 bits per heavy atom. The molecule has 0 aliphatic heterocycles. The highest BCUT2D eigenvalue weighted by Gasteiger charge is 2.16. The minimum Gasteiger partial charge on any atom is -0.308 e. The highest BCUT2D eigenvalue weighted by atomic mass is 79.9. The van der Waals surface area contributed by atoms with E-state index in [9.17, 15) is 4.39 Å². The minimum absolute atomic E-state index is 0.0919. The fourth-order valence-corrected chi connectivity index (χ4v) is 2.57. The van der Waals surface area contributed by atoms with E-state index in [-0.39, 0.29) is 11.9 Å². The maximum absolute atomic E-state index is 13.6. The van der Waals surface area contributed by atoms with Crippen molar-refractivity contribution < 1.29 is 4.39 Å². The molecule has 108 valence electrons. The second-order valence-corrected chi connectivity index (χ2v) is 5.63. The van der Waals surface area contributed by atoms with Gasteiger partial charge in [-0.05, 0) is 53.0 Å². The summed E-state index contributed by atoms with van der Waals surface area (Å²) in [4.78, 5) is 0. The van der Waals surface area contributed by atoms with E-state index in [0.717, 1.165) is 24.2 Å². The topological polar surface area (TPSA) is 29.9 Å². The molecule has 0 fully saturated rings. The van der Waals surface area contributed by atoms with Crippen molar-refractivity contribution in [2.24, 2.45) is 7.05 Å². The molecule has 0 saturated heterocycles. The van der Waals surface area contributed by atoms with Crippen LogP contribution in [0.25, 0.3) is 0 Å². The van der Waals surface area contributed by atoms with Crippen LogP contribution in [-0.2, 0) is 13.5 Å². The summed E-state index contributed by atoms with van der Waals surface area (Å²) < 4.78 is 15.9. The first kappa shape index (κ1) is 15.2. The summed E-state index contributed by atoms with van der Waals surface area (Å²) in [6.45, 7) is 3.04. The number of nitrogens with one attached hydrogen (secondary N) is 1. The summed E-state index contributed by atoms with van der Waals surface area (Å²) in [5.41, 5.74) is 1.93. The SMILES string of the molecule is CCCNC(Cc1cccc(F)c1Br)c1ccn(C)n1. The van der Waals surface area contributed by atoms with E-state index < -0.39 is 0 Å². The summed E-state index contributed by atoms with van der Waals surface area (Å²) in [6, 6.07) is 7.24. The Hall–Kier alpha value is -1.20. The molecule has 0 saturated carbocycles. The van der Waals surface area contributed by atoms with Crippen LogP contribution in [0.4, 0.5) is 4.39 Å². The molecule has 2 rings (SSSR count). The smallest absolute Gasteiger partial charge is 0.137 e. The normalized spacial score (nSPS) is 12.6. The van der Waals surface area contributed by atoms with Crippen LogP contribution >= 0.6 is 15.9 Å². The third-order valence-corrected chi connectivity index (χ3v) is 4.08. The summed E-state index contributed by atoms with van der Waals surface area (Å²) in [5, 5.41) is 7.93. The third-order valence-electron chi connectivity index (χ3n) is 3.19. The number of halogens is 2. The van der Waals surface area contributed by atoms with Gasteiger partial charge < -0.3 is 5.32 Å². The van der Waals surface area contributed by atoms with E-state index >= 15 is 0 Å². The number of benzene rings is 1. The van der Waals surface area contributed by atoms with Crippen molar-refractivity contribution in [2.45, 2.75) is 25.8 Å². The summed E-state index contributed by atoms with van der Waals surface area (Å²) in [6.07, 6.45) is 3.68. The van der Waals surface area contributed by atoms with Gasteiger partial charge in [-0.25, -0.2) is 4.39 Å². The van der Waals surface area contributed by atoms with E-state index in [4.69, 9.17) is 0 Å². The number of hydrogen-bond acceptors (Lipinski definition) is 2. The monoisotopic (exact) mass is 339 g/mol. The van der Waals surface area contributed by atoms with Gasteiger partial charge >= 0.3 is 0 Å². The average Bonchev–Trinajstić information content (AvgIpc) is 2.86. The second-order valence-electron chi connectivity index (χ2n) is 4.84. The molecule has 0 bridgehead atoms. The van der Waals surface area contributed by atoms with Gasteiger partial charge in [0.1, 0.15) is 5.82 Å². The number of hydrogen-bond donors (Lipinski definition) is 1. The van der Waals surface area contributed by atoms with Crippen LogP contribution in [-0.4, -0.2) is 16.3 Å². The molecule has 0 spiro atoms. The zero-order valence-electron chi connectivity index (χ0n) is 11.7. The first-order valence-corrected chi connectivity index (χ1v) is 7.57. The van der Waals surface area contributed by atoms with Crippen molar-refractivity contribution in [1.82, 2.24) is 15.1 Å². The molecule has 1 aromatic carbocycles. The molecule has 1 unspecified atom stereocenters. The Kier molecular flexibility index (Phi) is 5.31. The van der Waals surface area contributed by atoms with Gasteiger partial charge in [-0.3, -0.25) is 4.68 Å². The Morgan fingerprint density at radius 2 is 2.20 bits per heavy atom. The van der Waals surface area contributed by atoms with Crippen molar-refractivity contribution in [1.29, 1.82) is 0 Å². The van der Waals surface area contributed by atoms with E-state index in [1.807, 2.05) is 25.4 Å². The van der Waals surface area contributed by atoms with Crippen LogP contribution in [0.2, 0.25) is 0 Å². The Morgan fingerprint density at radius 1 is 1.40 bits per heavy atom. The van der Waals surface area contributed by atoms with E-state index in [1.165, 1.54) is 6.07 Å². The highest BCUT2D eigenvalue weighted by molar-refractivity contribution is 9.10. The Balaban J connectivity index is 2.21. The largest absolute Gasteiger partial charge is 0.308 e. The standard InChI is InChI=1S/C15H19BrFN3/c1-3-8-18-14(13-7-9-20(2)19-13)10-11-5-4-6-12(17)15(11)16/h4-7,9,14,18H,3,8,10H2,1-2H3. The quantitative estimate of drug-likeness (QED) is 0.871. The second kappa shape index (κ2) is 6.99. The van der Waals surface area contributed by atoms with E-state index in [2.05, 4.69) is 33.3 Å². The van der Waals surface area contributed by atoms with Crippen molar-refractivity contribution in [3.63, 3.8) is 0 Å². The molecule has 3 nitrogen and oxygen atoms in total. The third kappa shape index (κ3) is 3.67. The van der Waals surface area contributed by atoms with Crippen molar-refractivity contribution in [3.8, 4) is 0 Å². The van der Waals surface area contributed by atoms with Crippen LogP contribution in [0.1, 0.15) is 30.6 Å². The maximum atomic E-state index is 13.6. The van der Waals surface area contributed by atoms with Gasteiger partial charge in [-0.2, -0.15) is 5.10 Å². The number of aryl methyl sites for hydroxylation is 1. The molecule has 1 heterocycles. The highest BCUT2D eigenvalue weighted by Crippen LogP contribution is 2.25. The van der Waals surface area contributed by atoms with E-state index in [1.54, 1.807) is 10.7 Å². The molecular formula is C15H19BrFN3. The number of nitrogens with zero attached hydrogens (tertiary/aromatic N) is 2. The summed E-state index contributed by atoms with van der Waals surface area (Å²) >= 11 is 3.33. The molecule has 1 aromatic heterocycles. The lowest BCUT2D eigenvalue weighted by atomic mass is 10.0. The molecule has 0 aliphatic carbocycles. The molecule has 2 aromatic rings. The zero-order valence-corrected chi connectivity index (χ0v) is 13.3. The average molecular weight is 340 g/mol. The number of aromatic nitrogens is 2. The van der Waals surface area contributed by atoms with E-state index in [0.29, 0.717) is 10.9 Å². The molecule has 20 heavy (non-hydrogen) atoms. The van der Waals surface area contributed by atoms with Crippen molar-refractivity contribution in [3.05, 3.63) is 52.0 Å². The fourth-order valence-electron chi connectivity index (χ4n) is 2.14. The van der Waals surface area contributed by atoms with Crippen LogP contribution in [0.5, 0.6) is 0 Å². The van der Waals surface area contributed by atoms with Gasteiger partial charge in [0, 0.05) is 13.2 Å². The van der Waals surface area contributed by atoms with Gasteiger partial charge in [0.2, 0.25) is 0 Å². The van der Waals surface area contributed by atoms with Crippen LogP contribution < -0.4 is 5.32 Å². The fraction of sp³-hybridized carbons (Fsp3) is 0.400. The van der Waals surface area contributed by atoms with Gasteiger partial charge in [0.15, 0.2) is 0 Å². The predicted octanol–water partition coefficient (Wildman–Crippen LogP) is 3.61. The van der Waals surface area contributed by atoms with Crippen LogP contribution in [0, 0.1) is 5.82 Å².